The van der Waals surface area contributed by atoms with Gasteiger partial charge in [0.1, 0.15) is 11.4 Å². The monoisotopic (exact) mass is 407 g/mol. The van der Waals surface area contributed by atoms with Crippen molar-refractivity contribution >= 4 is 22.6 Å². The van der Waals surface area contributed by atoms with E-state index in [4.69, 9.17) is 14.2 Å². The molecule has 0 radical (unpaired) electrons. The number of anilines is 1. The summed E-state index contributed by atoms with van der Waals surface area (Å²) in [5, 5.41) is 7.91. The van der Waals surface area contributed by atoms with Crippen LogP contribution >= 0.6 is 0 Å². The van der Waals surface area contributed by atoms with Gasteiger partial charge in [-0.25, -0.2) is 0 Å². The van der Waals surface area contributed by atoms with Crippen LogP contribution in [0.1, 0.15) is 16.1 Å². The third-order valence-electron chi connectivity index (χ3n) is 4.66. The summed E-state index contributed by atoms with van der Waals surface area (Å²) in [6.07, 6.45) is 5.27. The maximum absolute atomic E-state index is 12.8. The van der Waals surface area contributed by atoms with Gasteiger partial charge in [0, 0.05) is 36.1 Å². The molecule has 1 amide bonds. The van der Waals surface area contributed by atoms with Crippen LogP contribution in [0.2, 0.25) is 0 Å². The summed E-state index contributed by atoms with van der Waals surface area (Å²) in [4.78, 5) is 19.9. The molecule has 9 nitrogen and oxygen atoms in total. The van der Waals surface area contributed by atoms with Gasteiger partial charge < -0.3 is 24.5 Å². The second-order valence-electron chi connectivity index (χ2n) is 6.49. The second kappa shape index (κ2) is 8.16. The molecule has 30 heavy (non-hydrogen) atoms. The Morgan fingerprint density at radius 3 is 2.53 bits per heavy atom. The largest absolute Gasteiger partial charge is 0.496 e. The molecular formula is C21H21N5O4. The zero-order valence-electron chi connectivity index (χ0n) is 16.8. The third-order valence-corrected chi connectivity index (χ3v) is 4.66. The second-order valence-corrected chi connectivity index (χ2v) is 6.49. The smallest absolute Gasteiger partial charge is 0.273 e. The van der Waals surface area contributed by atoms with Crippen molar-refractivity contribution in [2.24, 2.45) is 0 Å². The minimum Gasteiger partial charge on any atom is -0.496 e. The van der Waals surface area contributed by atoms with E-state index in [1.54, 1.807) is 62.8 Å². The topological polar surface area (TPSA) is 103 Å². The number of amides is 1. The number of methoxy groups -OCH3 is 3. The maximum atomic E-state index is 12.8. The SMILES string of the molecule is COc1cc(OC)c2cc(C(=O)Nc3ccn(Cc4ccncc4)n3)[nH]c2c1OC. The molecule has 2 N–H and O–H groups in total. The highest BCUT2D eigenvalue weighted by atomic mass is 16.5. The minimum atomic E-state index is -0.330. The molecular weight excluding hydrogens is 386 g/mol. The summed E-state index contributed by atoms with van der Waals surface area (Å²) >= 11 is 0. The third kappa shape index (κ3) is 3.64. The molecule has 0 bridgehead atoms. The van der Waals surface area contributed by atoms with E-state index in [1.807, 2.05) is 12.1 Å². The highest BCUT2D eigenvalue weighted by Gasteiger charge is 2.20. The van der Waals surface area contributed by atoms with Gasteiger partial charge >= 0.3 is 0 Å². The molecule has 0 aliphatic rings. The standard InChI is InChI=1S/C21H21N5O4/c1-28-16-11-17(29-2)20(30-3)19-14(16)10-15(23-19)21(27)24-18-6-9-26(25-18)12-13-4-7-22-8-5-13/h4-11,23H,12H2,1-3H3,(H,24,25,27). The van der Waals surface area contributed by atoms with Crippen LogP contribution in [0.25, 0.3) is 10.9 Å². The number of nitrogens with zero attached hydrogens (tertiary/aromatic N) is 3. The molecule has 154 valence electrons. The molecule has 3 aromatic heterocycles. The number of hydrogen-bond donors (Lipinski definition) is 2. The number of rotatable bonds is 7. The molecule has 0 unspecified atom stereocenters. The van der Waals surface area contributed by atoms with Gasteiger partial charge in [-0.1, -0.05) is 0 Å². The van der Waals surface area contributed by atoms with Crippen molar-refractivity contribution in [2.75, 3.05) is 26.6 Å². The van der Waals surface area contributed by atoms with Crippen LogP contribution in [0.4, 0.5) is 5.82 Å². The molecule has 3 heterocycles. The zero-order chi connectivity index (χ0) is 21.1. The molecule has 0 saturated heterocycles. The van der Waals surface area contributed by atoms with Crippen molar-refractivity contribution in [1.29, 1.82) is 0 Å². The van der Waals surface area contributed by atoms with Gasteiger partial charge in [0.2, 0.25) is 0 Å². The molecule has 4 aromatic rings. The summed E-state index contributed by atoms with van der Waals surface area (Å²) in [6.45, 7) is 0.582. The van der Waals surface area contributed by atoms with Crippen molar-refractivity contribution in [3.05, 3.63) is 60.2 Å². The lowest BCUT2D eigenvalue weighted by Gasteiger charge is -2.11. The predicted molar refractivity (Wildman–Crippen MR) is 111 cm³/mol. The first-order valence-corrected chi connectivity index (χ1v) is 9.18. The first-order valence-electron chi connectivity index (χ1n) is 9.18. The van der Waals surface area contributed by atoms with E-state index in [2.05, 4.69) is 20.4 Å². The number of aromatic amines is 1. The van der Waals surface area contributed by atoms with Crippen LogP contribution in [0.5, 0.6) is 17.2 Å². The van der Waals surface area contributed by atoms with Crippen LogP contribution in [0, 0.1) is 0 Å². The first kappa shape index (κ1) is 19.3. The number of aromatic nitrogens is 4. The fraction of sp³-hybridized carbons (Fsp3) is 0.190. The van der Waals surface area contributed by atoms with E-state index in [0.29, 0.717) is 46.2 Å². The highest BCUT2D eigenvalue weighted by Crippen LogP contribution is 2.41. The summed E-state index contributed by atoms with van der Waals surface area (Å²) in [5.74, 6) is 1.69. The molecule has 9 heteroatoms. The van der Waals surface area contributed by atoms with E-state index in [1.165, 1.54) is 0 Å². The van der Waals surface area contributed by atoms with Gasteiger partial charge in [0.15, 0.2) is 17.3 Å². The Bertz CT molecular complexity index is 1180. The Morgan fingerprint density at radius 1 is 1.07 bits per heavy atom. The highest BCUT2D eigenvalue weighted by molar-refractivity contribution is 6.07. The van der Waals surface area contributed by atoms with E-state index in [-0.39, 0.29) is 5.91 Å². The molecule has 0 aliphatic heterocycles. The summed E-state index contributed by atoms with van der Waals surface area (Å²) in [5.41, 5.74) is 2.02. The lowest BCUT2D eigenvalue weighted by Crippen LogP contribution is -2.13. The van der Waals surface area contributed by atoms with Crippen LogP contribution < -0.4 is 19.5 Å². The summed E-state index contributed by atoms with van der Waals surface area (Å²) < 4.78 is 18.0. The molecule has 0 fully saturated rings. The van der Waals surface area contributed by atoms with Crippen molar-refractivity contribution in [1.82, 2.24) is 19.7 Å². The lowest BCUT2D eigenvalue weighted by molar-refractivity contribution is 0.102. The number of H-pyrrole nitrogens is 1. The number of pyridine rings is 1. The van der Waals surface area contributed by atoms with Crippen LogP contribution in [0.15, 0.2) is 48.9 Å². The quantitative estimate of drug-likeness (QED) is 0.488. The Labute approximate surface area is 172 Å². The maximum Gasteiger partial charge on any atom is 0.273 e. The van der Waals surface area contributed by atoms with E-state index >= 15 is 0 Å². The van der Waals surface area contributed by atoms with Crippen molar-refractivity contribution < 1.29 is 19.0 Å². The number of benzene rings is 1. The van der Waals surface area contributed by atoms with Gasteiger partial charge in [-0.05, 0) is 23.8 Å². The van der Waals surface area contributed by atoms with Crippen LogP contribution in [-0.4, -0.2) is 47.0 Å². The Hall–Kier alpha value is -4.01. The molecule has 0 spiro atoms. The summed E-state index contributed by atoms with van der Waals surface area (Å²) in [6, 6.07) is 9.00. The number of nitrogens with one attached hydrogen (secondary N) is 2. The normalized spacial score (nSPS) is 10.8. The van der Waals surface area contributed by atoms with E-state index < -0.39 is 0 Å². The fourth-order valence-electron chi connectivity index (χ4n) is 3.23. The Kier molecular flexibility index (Phi) is 5.25. The number of ether oxygens (including phenoxy) is 3. The van der Waals surface area contributed by atoms with Crippen LogP contribution in [-0.2, 0) is 6.54 Å². The average molecular weight is 407 g/mol. The molecule has 0 atom stereocenters. The first-order chi connectivity index (χ1) is 14.6. The molecule has 0 saturated carbocycles. The zero-order valence-corrected chi connectivity index (χ0v) is 16.8. The van der Waals surface area contributed by atoms with Crippen molar-refractivity contribution in [3.8, 4) is 17.2 Å². The van der Waals surface area contributed by atoms with Gasteiger partial charge in [0.25, 0.3) is 5.91 Å². The molecule has 4 rings (SSSR count). The van der Waals surface area contributed by atoms with Gasteiger partial charge in [-0.15, -0.1) is 0 Å². The average Bonchev–Trinajstić information content (AvgIpc) is 3.40. The predicted octanol–water partition coefficient (Wildman–Crippen LogP) is 3.09. The van der Waals surface area contributed by atoms with Gasteiger partial charge in [-0.3, -0.25) is 14.5 Å². The number of carbonyl (C=O) groups is 1. The minimum absolute atomic E-state index is 0.330. The molecule has 0 aliphatic carbocycles. The van der Waals surface area contributed by atoms with Gasteiger partial charge in [0.05, 0.1) is 33.4 Å². The number of carbonyl (C=O) groups excluding carboxylic acids is 1. The fourth-order valence-corrected chi connectivity index (χ4v) is 3.23. The Balaban J connectivity index is 1.58. The van der Waals surface area contributed by atoms with Gasteiger partial charge in [-0.2, -0.15) is 5.10 Å². The number of hydrogen-bond acceptors (Lipinski definition) is 6. The van der Waals surface area contributed by atoms with Crippen molar-refractivity contribution in [3.63, 3.8) is 0 Å². The number of fused-ring (bicyclic) bond motifs is 1. The Morgan fingerprint density at radius 2 is 1.83 bits per heavy atom. The van der Waals surface area contributed by atoms with E-state index in [0.717, 1.165) is 5.56 Å². The lowest BCUT2D eigenvalue weighted by atomic mass is 10.2. The molecule has 1 aromatic carbocycles. The van der Waals surface area contributed by atoms with Crippen LogP contribution in [0.3, 0.4) is 0 Å². The van der Waals surface area contributed by atoms with Crippen molar-refractivity contribution in [2.45, 2.75) is 6.54 Å². The summed E-state index contributed by atoms with van der Waals surface area (Å²) in [7, 11) is 4.64. The van der Waals surface area contributed by atoms with E-state index in [9.17, 15) is 4.79 Å².